The van der Waals surface area contributed by atoms with Gasteiger partial charge in [-0.3, -0.25) is 4.79 Å². The van der Waals surface area contributed by atoms with Gasteiger partial charge in [0.2, 0.25) is 0 Å². The van der Waals surface area contributed by atoms with Gasteiger partial charge in [-0.15, -0.1) is 0 Å². The summed E-state index contributed by atoms with van der Waals surface area (Å²) in [5.41, 5.74) is 6.93. The molecule has 0 fully saturated rings. The molecule has 0 radical (unpaired) electrons. The van der Waals surface area contributed by atoms with Crippen LogP contribution in [0.15, 0.2) is 18.2 Å². The van der Waals surface area contributed by atoms with Crippen molar-refractivity contribution in [2.75, 3.05) is 6.54 Å². The third-order valence-corrected chi connectivity index (χ3v) is 2.83. The van der Waals surface area contributed by atoms with E-state index in [9.17, 15) is 9.18 Å². The van der Waals surface area contributed by atoms with Crippen LogP contribution in [0.4, 0.5) is 4.39 Å². The number of aryl methyl sites for hydroxylation is 1. The molecule has 106 valence electrons. The Bertz CT molecular complexity index is 452. The van der Waals surface area contributed by atoms with Gasteiger partial charge < -0.3 is 11.1 Å². The normalized spacial score (nSPS) is 13.2. The summed E-state index contributed by atoms with van der Waals surface area (Å²) in [5.74, 6) is -0.658. The van der Waals surface area contributed by atoms with Gasteiger partial charge in [-0.1, -0.05) is 26.8 Å². The molecule has 3 N–H and O–H groups in total. The van der Waals surface area contributed by atoms with E-state index < -0.39 is 0 Å². The minimum atomic E-state index is -0.369. The van der Waals surface area contributed by atoms with Crippen LogP contribution in [-0.2, 0) is 0 Å². The van der Waals surface area contributed by atoms with Crippen molar-refractivity contribution in [2.45, 2.75) is 40.2 Å². The SMILES string of the molecule is Cc1ccc(C(=O)NCC(N)CC(C)(C)C)cc1F. The largest absolute Gasteiger partial charge is 0.350 e. The van der Waals surface area contributed by atoms with Gasteiger partial charge in [0.05, 0.1) is 0 Å². The molecule has 1 aromatic carbocycles. The Labute approximate surface area is 114 Å². The van der Waals surface area contributed by atoms with E-state index in [1.807, 2.05) is 0 Å². The summed E-state index contributed by atoms with van der Waals surface area (Å²) in [6.45, 7) is 8.36. The standard InChI is InChI=1S/C15H23FN2O/c1-10-5-6-11(7-13(10)16)14(19)18-9-12(17)8-15(2,3)4/h5-7,12H,8-9,17H2,1-4H3,(H,18,19). The summed E-state index contributed by atoms with van der Waals surface area (Å²) in [6, 6.07) is 4.36. The Kier molecular flexibility index (Phi) is 5.06. The number of halogens is 1. The van der Waals surface area contributed by atoms with Crippen molar-refractivity contribution < 1.29 is 9.18 Å². The van der Waals surface area contributed by atoms with E-state index in [1.165, 1.54) is 6.07 Å². The molecule has 0 aliphatic carbocycles. The van der Waals surface area contributed by atoms with E-state index in [2.05, 4.69) is 26.1 Å². The van der Waals surface area contributed by atoms with Crippen LogP contribution < -0.4 is 11.1 Å². The zero-order valence-corrected chi connectivity index (χ0v) is 12.1. The minimum absolute atomic E-state index is 0.0979. The highest BCUT2D eigenvalue weighted by molar-refractivity contribution is 5.94. The average Bonchev–Trinajstić information content (AvgIpc) is 2.27. The maximum absolute atomic E-state index is 13.4. The number of hydrogen-bond acceptors (Lipinski definition) is 2. The smallest absolute Gasteiger partial charge is 0.251 e. The molecule has 1 amide bonds. The Morgan fingerprint density at radius 1 is 1.42 bits per heavy atom. The molecule has 1 unspecified atom stereocenters. The molecule has 0 saturated carbocycles. The number of rotatable bonds is 4. The van der Waals surface area contributed by atoms with Crippen LogP contribution in [0.1, 0.15) is 43.1 Å². The molecule has 3 nitrogen and oxygen atoms in total. The molecule has 19 heavy (non-hydrogen) atoms. The predicted molar refractivity (Wildman–Crippen MR) is 75.5 cm³/mol. The molecule has 4 heteroatoms. The van der Waals surface area contributed by atoms with Crippen LogP contribution in [0.25, 0.3) is 0 Å². The number of benzene rings is 1. The van der Waals surface area contributed by atoms with Gasteiger partial charge in [-0.05, 0) is 36.5 Å². The Hall–Kier alpha value is -1.42. The summed E-state index contributed by atoms with van der Waals surface area (Å²) >= 11 is 0. The fourth-order valence-corrected chi connectivity index (χ4v) is 1.92. The molecular formula is C15H23FN2O. The Balaban J connectivity index is 2.53. The highest BCUT2D eigenvalue weighted by Crippen LogP contribution is 2.19. The second kappa shape index (κ2) is 6.15. The van der Waals surface area contributed by atoms with Crippen molar-refractivity contribution in [3.63, 3.8) is 0 Å². The minimum Gasteiger partial charge on any atom is -0.350 e. The number of amides is 1. The predicted octanol–water partition coefficient (Wildman–Crippen LogP) is 2.63. The molecule has 0 heterocycles. The van der Waals surface area contributed by atoms with Crippen LogP contribution in [0, 0.1) is 18.2 Å². The molecule has 0 aliphatic rings. The van der Waals surface area contributed by atoms with Crippen LogP contribution in [0.5, 0.6) is 0 Å². The molecule has 0 aliphatic heterocycles. The fourth-order valence-electron chi connectivity index (χ4n) is 1.92. The third-order valence-electron chi connectivity index (χ3n) is 2.83. The van der Waals surface area contributed by atoms with Gasteiger partial charge in [0.25, 0.3) is 5.91 Å². The summed E-state index contributed by atoms with van der Waals surface area (Å²) in [5, 5.41) is 2.74. The molecule has 0 saturated heterocycles. The van der Waals surface area contributed by atoms with Crippen molar-refractivity contribution in [1.29, 1.82) is 0 Å². The molecule has 1 rings (SSSR count). The maximum atomic E-state index is 13.4. The maximum Gasteiger partial charge on any atom is 0.251 e. The Morgan fingerprint density at radius 3 is 2.58 bits per heavy atom. The molecule has 0 aromatic heterocycles. The van der Waals surface area contributed by atoms with Crippen molar-refractivity contribution in [2.24, 2.45) is 11.1 Å². The first-order valence-corrected chi connectivity index (χ1v) is 6.49. The van der Waals surface area contributed by atoms with Gasteiger partial charge in [0.1, 0.15) is 5.82 Å². The lowest BCUT2D eigenvalue weighted by molar-refractivity contribution is 0.0948. The summed E-state index contributed by atoms with van der Waals surface area (Å²) in [7, 11) is 0. The molecule has 1 aromatic rings. The summed E-state index contributed by atoms with van der Waals surface area (Å²) in [6.07, 6.45) is 0.815. The van der Waals surface area contributed by atoms with Gasteiger partial charge in [0.15, 0.2) is 0 Å². The lowest BCUT2D eigenvalue weighted by Crippen LogP contribution is -2.39. The number of carbonyl (C=O) groups is 1. The second-order valence-electron chi connectivity index (χ2n) is 6.20. The third kappa shape index (κ3) is 5.39. The number of nitrogens with one attached hydrogen (secondary N) is 1. The monoisotopic (exact) mass is 266 g/mol. The highest BCUT2D eigenvalue weighted by atomic mass is 19.1. The zero-order chi connectivity index (χ0) is 14.6. The van der Waals surface area contributed by atoms with E-state index >= 15 is 0 Å². The van der Waals surface area contributed by atoms with Crippen LogP contribution in [-0.4, -0.2) is 18.5 Å². The van der Waals surface area contributed by atoms with Crippen molar-refractivity contribution in [1.82, 2.24) is 5.32 Å². The topological polar surface area (TPSA) is 55.1 Å². The summed E-state index contributed by atoms with van der Waals surface area (Å²) < 4.78 is 13.4. The zero-order valence-electron chi connectivity index (χ0n) is 12.1. The first-order chi connectivity index (χ1) is 8.69. The molecule has 0 spiro atoms. The first-order valence-electron chi connectivity index (χ1n) is 6.49. The van der Waals surface area contributed by atoms with Crippen LogP contribution in [0.2, 0.25) is 0 Å². The number of hydrogen-bond donors (Lipinski definition) is 2. The van der Waals surface area contributed by atoms with E-state index in [0.29, 0.717) is 17.7 Å². The van der Waals surface area contributed by atoms with E-state index in [4.69, 9.17) is 5.73 Å². The van der Waals surface area contributed by atoms with Crippen molar-refractivity contribution in [3.05, 3.63) is 35.1 Å². The van der Waals surface area contributed by atoms with Crippen LogP contribution in [0.3, 0.4) is 0 Å². The molecule has 0 bridgehead atoms. The average molecular weight is 266 g/mol. The lowest BCUT2D eigenvalue weighted by atomic mass is 9.88. The second-order valence-corrected chi connectivity index (χ2v) is 6.20. The van der Waals surface area contributed by atoms with Gasteiger partial charge in [-0.2, -0.15) is 0 Å². The van der Waals surface area contributed by atoms with Crippen molar-refractivity contribution in [3.8, 4) is 0 Å². The Morgan fingerprint density at radius 2 is 2.05 bits per heavy atom. The van der Waals surface area contributed by atoms with E-state index in [-0.39, 0.29) is 23.2 Å². The van der Waals surface area contributed by atoms with Crippen LogP contribution >= 0.6 is 0 Å². The first kappa shape index (κ1) is 15.6. The van der Waals surface area contributed by atoms with Crippen molar-refractivity contribution >= 4 is 5.91 Å². The quantitative estimate of drug-likeness (QED) is 0.880. The summed E-state index contributed by atoms with van der Waals surface area (Å²) in [4.78, 5) is 11.8. The molecular weight excluding hydrogens is 243 g/mol. The van der Waals surface area contributed by atoms with E-state index in [0.717, 1.165) is 6.42 Å². The van der Waals surface area contributed by atoms with E-state index in [1.54, 1.807) is 19.1 Å². The lowest BCUT2D eigenvalue weighted by Gasteiger charge is -2.23. The number of carbonyl (C=O) groups excluding carboxylic acids is 1. The van der Waals surface area contributed by atoms with Gasteiger partial charge >= 0.3 is 0 Å². The van der Waals surface area contributed by atoms with Gasteiger partial charge in [0, 0.05) is 18.2 Å². The fraction of sp³-hybridized carbons (Fsp3) is 0.533. The molecule has 1 atom stereocenters. The number of nitrogens with two attached hydrogens (primary N) is 1. The highest BCUT2D eigenvalue weighted by Gasteiger charge is 2.16. The van der Waals surface area contributed by atoms with Gasteiger partial charge in [-0.25, -0.2) is 4.39 Å².